The highest BCUT2D eigenvalue weighted by Crippen LogP contribution is 2.45. The molecule has 1 aromatic carbocycles. The van der Waals surface area contributed by atoms with Crippen LogP contribution in [0, 0.1) is 11.3 Å². The molecule has 1 aliphatic carbocycles. The van der Waals surface area contributed by atoms with E-state index in [1.54, 1.807) is 11.1 Å². The third-order valence-corrected chi connectivity index (χ3v) is 6.49. The maximum absolute atomic E-state index is 3.22. The van der Waals surface area contributed by atoms with Gasteiger partial charge in [0.1, 0.15) is 0 Å². The van der Waals surface area contributed by atoms with Crippen LogP contribution < -0.4 is 5.32 Å². The molecule has 3 aliphatic rings. The number of nitrogens with zero attached hydrogens (tertiary/aromatic N) is 1. The van der Waals surface area contributed by atoms with Gasteiger partial charge in [0, 0.05) is 19.3 Å². The van der Waals surface area contributed by atoms with Crippen molar-refractivity contribution in [2.24, 2.45) is 11.3 Å². The first-order valence-electron chi connectivity index (χ1n) is 11.4. The van der Waals surface area contributed by atoms with Crippen molar-refractivity contribution in [2.45, 2.75) is 66.2 Å². The Hall–Kier alpha value is -1.54. The summed E-state index contributed by atoms with van der Waals surface area (Å²) in [4.78, 5) is 2.54. The average molecular weight is 381 g/mol. The first kappa shape index (κ1) is 21.2. The first-order valence-corrected chi connectivity index (χ1v) is 11.4. The van der Waals surface area contributed by atoms with Crippen molar-refractivity contribution in [3.8, 4) is 0 Å². The molecular formula is C26H40N2. The Kier molecular flexibility index (Phi) is 7.40. The number of nitrogens with one attached hydrogen (secondary N) is 1. The highest BCUT2D eigenvalue weighted by Gasteiger charge is 2.32. The van der Waals surface area contributed by atoms with Gasteiger partial charge >= 0.3 is 0 Å². The SMILES string of the molecule is C1CCNC1.CC1=C(c2ccccc2)/C(=C/N2CCCC2)CC(C(C)(C)C)C1. The second-order valence-electron chi connectivity index (χ2n) is 9.85. The Morgan fingerprint density at radius 2 is 1.57 bits per heavy atom. The molecule has 2 saturated heterocycles. The van der Waals surface area contributed by atoms with Crippen LogP contribution >= 0.6 is 0 Å². The second kappa shape index (κ2) is 9.78. The van der Waals surface area contributed by atoms with Crippen LogP contribution in [0.2, 0.25) is 0 Å². The Morgan fingerprint density at radius 1 is 0.929 bits per heavy atom. The van der Waals surface area contributed by atoms with Crippen LogP contribution in [0.3, 0.4) is 0 Å². The Bertz CT molecular complexity index is 661. The molecule has 1 N–H and O–H groups in total. The van der Waals surface area contributed by atoms with Crippen LogP contribution in [0.5, 0.6) is 0 Å². The summed E-state index contributed by atoms with van der Waals surface area (Å²) in [6.45, 7) is 14.5. The minimum atomic E-state index is 0.369. The molecule has 1 atom stereocenters. The highest BCUT2D eigenvalue weighted by molar-refractivity contribution is 5.82. The van der Waals surface area contributed by atoms with Crippen molar-refractivity contribution < 1.29 is 0 Å². The van der Waals surface area contributed by atoms with Crippen molar-refractivity contribution in [1.29, 1.82) is 0 Å². The molecular weight excluding hydrogens is 340 g/mol. The summed E-state index contributed by atoms with van der Waals surface area (Å²) in [7, 11) is 0. The van der Waals surface area contributed by atoms with E-state index in [0.717, 1.165) is 5.92 Å². The van der Waals surface area contributed by atoms with E-state index in [1.807, 2.05) is 0 Å². The van der Waals surface area contributed by atoms with Gasteiger partial charge in [0.2, 0.25) is 0 Å². The quantitative estimate of drug-likeness (QED) is 0.651. The number of benzene rings is 1. The smallest absolute Gasteiger partial charge is 0.0173 e. The van der Waals surface area contributed by atoms with Crippen LogP contribution in [0.15, 0.2) is 47.7 Å². The van der Waals surface area contributed by atoms with Crippen LogP contribution in [0.25, 0.3) is 5.57 Å². The van der Waals surface area contributed by atoms with Gasteiger partial charge in [-0.25, -0.2) is 0 Å². The molecule has 2 heterocycles. The fraction of sp³-hybridized carbons (Fsp3) is 0.615. The van der Waals surface area contributed by atoms with Crippen LogP contribution in [0.1, 0.15) is 71.8 Å². The summed E-state index contributed by atoms with van der Waals surface area (Å²) < 4.78 is 0. The second-order valence-corrected chi connectivity index (χ2v) is 9.85. The van der Waals surface area contributed by atoms with Gasteiger partial charge in [-0.15, -0.1) is 0 Å². The maximum atomic E-state index is 3.22. The molecule has 2 fully saturated rings. The monoisotopic (exact) mass is 380 g/mol. The van der Waals surface area contributed by atoms with Crippen LogP contribution in [0.4, 0.5) is 0 Å². The molecule has 0 saturated carbocycles. The van der Waals surface area contributed by atoms with Crippen molar-refractivity contribution in [1.82, 2.24) is 10.2 Å². The molecule has 28 heavy (non-hydrogen) atoms. The van der Waals surface area contributed by atoms with E-state index in [9.17, 15) is 0 Å². The lowest BCUT2D eigenvalue weighted by Gasteiger charge is -2.37. The lowest BCUT2D eigenvalue weighted by Crippen LogP contribution is -2.25. The average Bonchev–Trinajstić information content (AvgIpc) is 3.38. The van der Waals surface area contributed by atoms with E-state index in [4.69, 9.17) is 0 Å². The Balaban J connectivity index is 0.000000391. The van der Waals surface area contributed by atoms with Gasteiger partial charge in [0.05, 0.1) is 0 Å². The zero-order chi connectivity index (χ0) is 20.0. The number of hydrogen-bond donors (Lipinski definition) is 1. The van der Waals surface area contributed by atoms with E-state index in [1.165, 1.54) is 75.8 Å². The normalized spacial score (nSPS) is 24.5. The summed E-state index contributed by atoms with van der Waals surface area (Å²) in [6, 6.07) is 11.0. The Labute approximate surface area is 173 Å². The summed E-state index contributed by atoms with van der Waals surface area (Å²) in [5.74, 6) is 0.740. The predicted molar refractivity (Wildman–Crippen MR) is 122 cm³/mol. The Morgan fingerprint density at radius 3 is 2.11 bits per heavy atom. The molecule has 1 aromatic rings. The summed E-state index contributed by atoms with van der Waals surface area (Å²) in [5, 5.41) is 3.22. The maximum Gasteiger partial charge on any atom is 0.0173 e. The van der Waals surface area contributed by atoms with E-state index in [-0.39, 0.29) is 0 Å². The topological polar surface area (TPSA) is 15.3 Å². The summed E-state index contributed by atoms with van der Waals surface area (Å²) in [5.41, 5.74) is 6.39. The molecule has 1 unspecified atom stereocenters. The lowest BCUT2D eigenvalue weighted by molar-refractivity contribution is 0.233. The fourth-order valence-electron chi connectivity index (χ4n) is 4.67. The number of rotatable bonds is 2. The standard InChI is InChI=1S/C22H31N.C4H9N/c1-17-14-20(22(2,3)4)15-19(16-23-12-8-9-13-23)21(17)18-10-6-5-7-11-18;1-2-4-5-3-1/h5-7,10-11,16,20H,8-9,12-15H2,1-4H3;5H,1-4H2/b19-16+;. The van der Waals surface area contributed by atoms with Gasteiger partial charge in [-0.05, 0) is 86.6 Å². The van der Waals surface area contributed by atoms with E-state index < -0.39 is 0 Å². The van der Waals surface area contributed by atoms with Crippen molar-refractivity contribution >= 4 is 5.57 Å². The van der Waals surface area contributed by atoms with E-state index in [2.05, 4.69) is 74.4 Å². The molecule has 154 valence electrons. The van der Waals surface area contributed by atoms with Crippen LogP contribution in [-0.4, -0.2) is 31.1 Å². The zero-order valence-electron chi connectivity index (χ0n) is 18.6. The van der Waals surface area contributed by atoms with Gasteiger partial charge in [-0.3, -0.25) is 0 Å². The number of allylic oxidation sites excluding steroid dienone is 3. The molecule has 0 spiro atoms. The van der Waals surface area contributed by atoms with Crippen molar-refractivity contribution in [3.63, 3.8) is 0 Å². The number of hydrogen-bond acceptors (Lipinski definition) is 2. The molecule has 4 rings (SSSR count). The molecule has 2 nitrogen and oxygen atoms in total. The van der Waals surface area contributed by atoms with Crippen molar-refractivity contribution in [2.75, 3.05) is 26.2 Å². The summed E-state index contributed by atoms with van der Waals surface area (Å²) in [6.07, 6.45) is 10.4. The third-order valence-electron chi connectivity index (χ3n) is 6.49. The minimum absolute atomic E-state index is 0.369. The van der Waals surface area contributed by atoms with Crippen molar-refractivity contribution in [3.05, 3.63) is 53.2 Å². The summed E-state index contributed by atoms with van der Waals surface area (Å²) >= 11 is 0. The highest BCUT2D eigenvalue weighted by atomic mass is 15.1. The van der Waals surface area contributed by atoms with Gasteiger partial charge in [-0.2, -0.15) is 0 Å². The molecule has 2 aliphatic heterocycles. The van der Waals surface area contributed by atoms with E-state index >= 15 is 0 Å². The first-order chi connectivity index (χ1) is 13.4. The van der Waals surface area contributed by atoms with Gasteiger partial charge in [0.25, 0.3) is 0 Å². The number of likely N-dealkylation sites (tertiary alicyclic amines) is 1. The molecule has 0 amide bonds. The molecule has 0 radical (unpaired) electrons. The lowest BCUT2D eigenvalue weighted by atomic mass is 9.68. The van der Waals surface area contributed by atoms with Gasteiger partial charge < -0.3 is 10.2 Å². The fourth-order valence-corrected chi connectivity index (χ4v) is 4.67. The molecule has 0 bridgehead atoms. The largest absolute Gasteiger partial charge is 0.377 e. The molecule has 2 heteroatoms. The zero-order valence-corrected chi connectivity index (χ0v) is 18.6. The van der Waals surface area contributed by atoms with Gasteiger partial charge in [-0.1, -0.05) is 56.7 Å². The predicted octanol–water partition coefficient (Wildman–Crippen LogP) is 6.27. The van der Waals surface area contributed by atoms with E-state index in [0.29, 0.717) is 5.41 Å². The van der Waals surface area contributed by atoms with Gasteiger partial charge in [0.15, 0.2) is 0 Å². The molecule has 0 aromatic heterocycles. The van der Waals surface area contributed by atoms with Crippen LogP contribution in [-0.2, 0) is 0 Å². The third kappa shape index (κ3) is 5.73. The minimum Gasteiger partial charge on any atom is -0.377 e.